The summed E-state index contributed by atoms with van der Waals surface area (Å²) in [6.45, 7) is 0. The minimum absolute atomic E-state index is 0.137. The van der Waals surface area contributed by atoms with Gasteiger partial charge in [-0.2, -0.15) is 0 Å². The molecule has 0 aliphatic heterocycles. The topological polar surface area (TPSA) is 144 Å². The first-order valence-corrected chi connectivity index (χ1v) is 12.8. The van der Waals surface area contributed by atoms with E-state index in [0.717, 1.165) is 35.0 Å². The van der Waals surface area contributed by atoms with Gasteiger partial charge in [-0.1, -0.05) is 24.3 Å². The van der Waals surface area contributed by atoms with Gasteiger partial charge in [0, 0.05) is 16.8 Å². The SMILES string of the molecule is O=C(Nc1nc(-c2csc(NC(=O)c3coc4ccccc4c3=O)n2)cs1)c1cc(=O)c2ccccc2o1. The standard InChI is InChI=1S/C26H14N4O6S2/c31-18-9-21(36-20-8-4-1-5-13(18)20)24(34)30-26-28-17(12-38-26)16-11-37-25(27-16)29-23(33)15-10-35-19-7-3-2-6-14(19)22(15)32/h1-12H,(H,27,29,33)(H,28,30,34). The Morgan fingerprint density at radius 2 is 1.37 bits per heavy atom. The summed E-state index contributed by atoms with van der Waals surface area (Å²) in [6, 6.07) is 14.5. The third-order valence-corrected chi connectivity index (χ3v) is 7.01. The number of nitrogens with zero attached hydrogens (tertiary/aromatic N) is 2. The largest absolute Gasteiger partial charge is 0.463 e. The van der Waals surface area contributed by atoms with Crippen LogP contribution in [-0.2, 0) is 0 Å². The summed E-state index contributed by atoms with van der Waals surface area (Å²) < 4.78 is 11.0. The fourth-order valence-corrected chi connectivity index (χ4v) is 5.07. The van der Waals surface area contributed by atoms with Gasteiger partial charge < -0.3 is 8.83 Å². The lowest BCUT2D eigenvalue weighted by Crippen LogP contribution is -2.21. The minimum atomic E-state index is -0.645. The maximum atomic E-state index is 12.7. The summed E-state index contributed by atoms with van der Waals surface area (Å²) >= 11 is 2.31. The Hall–Kier alpha value is -4.94. The van der Waals surface area contributed by atoms with Gasteiger partial charge in [0.25, 0.3) is 11.8 Å². The summed E-state index contributed by atoms with van der Waals surface area (Å²) in [6.07, 6.45) is 1.13. The van der Waals surface area contributed by atoms with Crippen LogP contribution in [0.2, 0.25) is 0 Å². The fourth-order valence-electron chi connectivity index (χ4n) is 3.67. The van der Waals surface area contributed by atoms with Crippen molar-refractivity contribution in [3.8, 4) is 11.4 Å². The lowest BCUT2D eigenvalue weighted by Gasteiger charge is -2.02. The number of hydrogen-bond donors (Lipinski definition) is 2. The van der Waals surface area contributed by atoms with Gasteiger partial charge in [-0.25, -0.2) is 9.97 Å². The van der Waals surface area contributed by atoms with Gasteiger partial charge in [-0.3, -0.25) is 29.8 Å². The van der Waals surface area contributed by atoms with E-state index >= 15 is 0 Å². The summed E-state index contributed by atoms with van der Waals surface area (Å²) in [5, 5.41) is 9.81. The van der Waals surface area contributed by atoms with E-state index in [1.807, 2.05) is 0 Å². The summed E-state index contributed by atoms with van der Waals surface area (Å²) in [5.74, 6) is -1.40. The molecule has 0 atom stereocenters. The predicted molar refractivity (Wildman–Crippen MR) is 144 cm³/mol. The highest BCUT2D eigenvalue weighted by Crippen LogP contribution is 2.28. The number of aromatic nitrogens is 2. The van der Waals surface area contributed by atoms with Crippen LogP contribution in [0.3, 0.4) is 0 Å². The number of rotatable bonds is 5. The first-order valence-electron chi connectivity index (χ1n) is 11.0. The number of benzene rings is 2. The Kier molecular flexibility index (Phi) is 5.86. The van der Waals surface area contributed by atoms with Gasteiger partial charge >= 0.3 is 0 Å². The number of hydrogen-bond acceptors (Lipinski definition) is 10. The molecular weight excluding hydrogens is 528 g/mol. The Labute approximate surface area is 220 Å². The van der Waals surface area contributed by atoms with Crippen LogP contribution in [0.4, 0.5) is 10.3 Å². The highest BCUT2D eigenvalue weighted by molar-refractivity contribution is 7.15. The Morgan fingerprint density at radius 1 is 0.763 bits per heavy atom. The van der Waals surface area contributed by atoms with E-state index in [-0.39, 0.29) is 27.0 Å². The summed E-state index contributed by atoms with van der Waals surface area (Å²) in [5.41, 5.74) is 0.721. The Balaban J connectivity index is 1.17. The van der Waals surface area contributed by atoms with Gasteiger partial charge in [-0.05, 0) is 24.3 Å². The number of anilines is 2. The number of para-hydroxylation sites is 2. The molecule has 0 fully saturated rings. The van der Waals surface area contributed by atoms with E-state index in [0.29, 0.717) is 33.3 Å². The maximum absolute atomic E-state index is 12.7. The molecule has 2 amide bonds. The summed E-state index contributed by atoms with van der Waals surface area (Å²) in [4.78, 5) is 59.0. The van der Waals surface area contributed by atoms with Crippen molar-refractivity contribution in [3.05, 3.63) is 103 Å². The molecule has 0 aliphatic rings. The second-order valence-electron chi connectivity index (χ2n) is 7.93. The molecule has 0 aliphatic carbocycles. The van der Waals surface area contributed by atoms with Crippen LogP contribution in [0.25, 0.3) is 33.3 Å². The summed E-state index contributed by atoms with van der Waals surface area (Å²) in [7, 11) is 0. The second-order valence-corrected chi connectivity index (χ2v) is 9.65. The highest BCUT2D eigenvalue weighted by Gasteiger charge is 2.18. The molecule has 6 aromatic rings. The van der Waals surface area contributed by atoms with Crippen LogP contribution in [0.1, 0.15) is 20.9 Å². The van der Waals surface area contributed by atoms with Crippen LogP contribution in [0.15, 0.2) is 90.0 Å². The first kappa shape index (κ1) is 23.5. The molecule has 12 heteroatoms. The number of amides is 2. The van der Waals surface area contributed by atoms with Gasteiger partial charge in [0.2, 0.25) is 5.43 Å². The third kappa shape index (κ3) is 4.38. The van der Waals surface area contributed by atoms with Gasteiger partial charge in [0.1, 0.15) is 34.4 Å². The highest BCUT2D eigenvalue weighted by atomic mass is 32.1. The quantitative estimate of drug-likeness (QED) is 0.310. The molecule has 0 saturated heterocycles. The van der Waals surface area contributed by atoms with Crippen molar-refractivity contribution in [3.63, 3.8) is 0 Å². The van der Waals surface area contributed by atoms with Crippen LogP contribution in [0.5, 0.6) is 0 Å². The van der Waals surface area contributed by atoms with Gasteiger partial charge in [-0.15, -0.1) is 22.7 Å². The van der Waals surface area contributed by atoms with Crippen molar-refractivity contribution in [2.45, 2.75) is 0 Å². The van der Waals surface area contributed by atoms with Crippen LogP contribution in [0, 0.1) is 0 Å². The van der Waals surface area contributed by atoms with E-state index in [1.54, 1.807) is 59.3 Å². The van der Waals surface area contributed by atoms with Crippen LogP contribution >= 0.6 is 22.7 Å². The molecule has 0 bridgehead atoms. The third-order valence-electron chi connectivity index (χ3n) is 5.49. The Morgan fingerprint density at radius 3 is 2.08 bits per heavy atom. The molecule has 4 heterocycles. The number of carbonyl (C=O) groups is 2. The first-order chi connectivity index (χ1) is 18.5. The lowest BCUT2D eigenvalue weighted by atomic mass is 10.1. The average Bonchev–Trinajstić information content (AvgIpc) is 3.58. The molecule has 2 N–H and O–H groups in total. The average molecular weight is 543 g/mol. The molecule has 0 radical (unpaired) electrons. The molecule has 4 aromatic heterocycles. The minimum Gasteiger partial charge on any atom is -0.463 e. The van der Waals surface area contributed by atoms with E-state index < -0.39 is 17.2 Å². The van der Waals surface area contributed by atoms with E-state index in [4.69, 9.17) is 8.83 Å². The molecule has 6 rings (SSSR count). The van der Waals surface area contributed by atoms with Crippen molar-refractivity contribution < 1.29 is 18.4 Å². The van der Waals surface area contributed by atoms with Gasteiger partial charge in [0.05, 0.1) is 10.8 Å². The zero-order valence-corrected chi connectivity index (χ0v) is 20.7. The molecular formula is C26H14N4O6S2. The van der Waals surface area contributed by atoms with Crippen molar-refractivity contribution in [2.24, 2.45) is 0 Å². The number of carbonyl (C=O) groups excluding carboxylic acids is 2. The molecule has 186 valence electrons. The second kappa shape index (κ2) is 9.50. The normalized spacial score (nSPS) is 11.1. The van der Waals surface area contributed by atoms with E-state index in [9.17, 15) is 19.2 Å². The molecule has 10 nitrogen and oxygen atoms in total. The maximum Gasteiger partial charge on any atom is 0.293 e. The zero-order chi connectivity index (χ0) is 26.2. The predicted octanol–water partition coefficient (Wildman–Crippen LogP) is 4.98. The van der Waals surface area contributed by atoms with E-state index in [2.05, 4.69) is 20.6 Å². The van der Waals surface area contributed by atoms with Crippen molar-refractivity contribution in [2.75, 3.05) is 10.6 Å². The number of nitrogens with one attached hydrogen (secondary N) is 2. The molecule has 0 unspecified atom stereocenters. The fraction of sp³-hybridized carbons (Fsp3) is 0. The van der Waals surface area contributed by atoms with E-state index in [1.165, 1.54) is 0 Å². The number of thiazole rings is 2. The number of fused-ring (bicyclic) bond motifs is 2. The lowest BCUT2D eigenvalue weighted by molar-refractivity contribution is 0.0994. The monoisotopic (exact) mass is 542 g/mol. The van der Waals surface area contributed by atoms with Crippen molar-refractivity contribution in [1.82, 2.24) is 9.97 Å². The Bertz CT molecular complexity index is 1990. The van der Waals surface area contributed by atoms with Crippen molar-refractivity contribution >= 4 is 66.7 Å². The van der Waals surface area contributed by atoms with Crippen LogP contribution in [-0.4, -0.2) is 21.8 Å². The smallest absolute Gasteiger partial charge is 0.293 e. The molecule has 0 spiro atoms. The van der Waals surface area contributed by atoms with Gasteiger partial charge in [0.15, 0.2) is 21.5 Å². The molecule has 0 saturated carbocycles. The zero-order valence-electron chi connectivity index (χ0n) is 19.1. The molecule has 2 aromatic carbocycles. The molecule has 38 heavy (non-hydrogen) atoms. The van der Waals surface area contributed by atoms with Crippen LogP contribution < -0.4 is 21.5 Å². The van der Waals surface area contributed by atoms with Crippen molar-refractivity contribution in [1.29, 1.82) is 0 Å².